The number of aryl methyl sites for hydroxylation is 1. The molecule has 0 unspecified atom stereocenters. The third-order valence-electron chi connectivity index (χ3n) is 4.71. The Kier molecular flexibility index (Phi) is 7.08. The van der Waals surface area contributed by atoms with E-state index in [9.17, 15) is 4.79 Å². The van der Waals surface area contributed by atoms with Crippen molar-refractivity contribution < 1.29 is 28.5 Å². The largest absolute Gasteiger partial charge is 0.492 e. The Balaban J connectivity index is 2.03. The molecule has 0 amide bonds. The van der Waals surface area contributed by atoms with Crippen LogP contribution in [0.2, 0.25) is 0 Å². The van der Waals surface area contributed by atoms with Gasteiger partial charge in [-0.1, -0.05) is 18.2 Å². The number of benzene rings is 2. The molecule has 7 heteroatoms. The maximum Gasteiger partial charge on any atom is 0.344 e. The van der Waals surface area contributed by atoms with E-state index in [1.807, 2.05) is 24.3 Å². The third kappa shape index (κ3) is 4.31. The maximum absolute atomic E-state index is 13.0. The fourth-order valence-corrected chi connectivity index (χ4v) is 3.35. The zero-order valence-electron chi connectivity index (χ0n) is 17.6. The lowest BCUT2D eigenvalue weighted by atomic mass is 10.1. The van der Waals surface area contributed by atoms with E-state index >= 15 is 0 Å². The van der Waals surface area contributed by atoms with E-state index in [4.69, 9.17) is 23.7 Å². The van der Waals surface area contributed by atoms with Crippen LogP contribution >= 0.6 is 0 Å². The van der Waals surface area contributed by atoms with Crippen molar-refractivity contribution in [1.82, 2.24) is 4.98 Å². The molecule has 2 aromatic carbocycles. The molecular formula is C23H25NO6. The van der Waals surface area contributed by atoms with Crippen LogP contribution in [0.5, 0.6) is 23.0 Å². The molecule has 7 nitrogen and oxygen atoms in total. The van der Waals surface area contributed by atoms with Gasteiger partial charge in [-0.2, -0.15) is 0 Å². The minimum absolute atomic E-state index is 0.258. The summed E-state index contributed by atoms with van der Waals surface area (Å²) in [7, 11) is 6.21. The zero-order valence-corrected chi connectivity index (χ0v) is 17.6. The van der Waals surface area contributed by atoms with E-state index in [0.717, 1.165) is 12.0 Å². The number of hydrogen-bond acceptors (Lipinski definition) is 7. The number of aromatic nitrogens is 1. The first-order valence-corrected chi connectivity index (χ1v) is 9.51. The van der Waals surface area contributed by atoms with Gasteiger partial charge in [-0.05, 0) is 31.0 Å². The van der Waals surface area contributed by atoms with Crippen LogP contribution in [0.4, 0.5) is 0 Å². The van der Waals surface area contributed by atoms with Crippen molar-refractivity contribution in [2.75, 3.05) is 35.0 Å². The zero-order chi connectivity index (χ0) is 21.5. The van der Waals surface area contributed by atoms with E-state index in [0.29, 0.717) is 41.0 Å². The van der Waals surface area contributed by atoms with Crippen LogP contribution in [-0.4, -0.2) is 46.0 Å². The highest BCUT2D eigenvalue weighted by Crippen LogP contribution is 2.47. The number of hydrogen-bond donors (Lipinski definition) is 0. The minimum atomic E-state index is -0.512. The third-order valence-corrected chi connectivity index (χ3v) is 4.71. The number of rotatable bonds is 9. The van der Waals surface area contributed by atoms with Gasteiger partial charge in [-0.25, -0.2) is 4.79 Å². The number of para-hydroxylation sites is 1. The molecular weight excluding hydrogens is 386 g/mol. The summed E-state index contributed by atoms with van der Waals surface area (Å²) in [4.78, 5) is 17.3. The number of esters is 1. The smallest absolute Gasteiger partial charge is 0.344 e. The average Bonchev–Trinajstić information content (AvgIpc) is 2.78. The van der Waals surface area contributed by atoms with Crippen LogP contribution < -0.4 is 18.9 Å². The molecule has 1 heterocycles. The fourth-order valence-electron chi connectivity index (χ4n) is 3.35. The van der Waals surface area contributed by atoms with Crippen LogP contribution in [-0.2, 0) is 11.2 Å². The molecule has 0 saturated carbocycles. The van der Waals surface area contributed by atoms with Crippen LogP contribution in [0.3, 0.4) is 0 Å². The molecule has 0 aliphatic carbocycles. The van der Waals surface area contributed by atoms with Gasteiger partial charge >= 0.3 is 5.97 Å². The summed E-state index contributed by atoms with van der Waals surface area (Å²) in [5, 5.41) is 0.713. The highest BCUT2D eigenvalue weighted by molar-refractivity contribution is 6.04. The number of pyridine rings is 1. The molecule has 30 heavy (non-hydrogen) atoms. The van der Waals surface area contributed by atoms with Gasteiger partial charge < -0.3 is 23.7 Å². The van der Waals surface area contributed by atoms with E-state index in [-0.39, 0.29) is 11.5 Å². The average molecular weight is 411 g/mol. The molecule has 158 valence electrons. The van der Waals surface area contributed by atoms with Crippen molar-refractivity contribution in [3.63, 3.8) is 0 Å². The van der Waals surface area contributed by atoms with Gasteiger partial charge in [0.2, 0.25) is 11.5 Å². The first-order valence-electron chi connectivity index (χ1n) is 9.51. The Morgan fingerprint density at radius 1 is 0.933 bits per heavy atom. The second-order valence-electron chi connectivity index (χ2n) is 6.50. The summed E-state index contributed by atoms with van der Waals surface area (Å²) in [6.45, 7) is 0.593. The fraction of sp³-hybridized carbons (Fsp3) is 0.304. The van der Waals surface area contributed by atoms with Crippen LogP contribution in [0.15, 0.2) is 42.6 Å². The lowest BCUT2D eigenvalue weighted by Crippen LogP contribution is -2.11. The van der Waals surface area contributed by atoms with Crippen molar-refractivity contribution >= 4 is 16.9 Å². The number of ether oxygens (including phenoxy) is 5. The summed E-state index contributed by atoms with van der Waals surface area (Å²) in [5.41, 5.74) is 1.96. The van der Waals surface area contributed by atoms with E-state index in [2.05, 4.69) is 4.98 Å². The van der Waals surface area contributed by atoms with Gasteiger partial charge in [-0.15, -0.1) is 0 Å². The molecule has 3 rings (SSSR count). The number of nitrogens with zero attached hydrogens (tertiary/aromatic N) is 1. The monoisotopic (exact) mass is 411 g/mol. The quantitative estimate of drug-likeness (QED) is 0.299. The molecule has 0 saturated heterocycles. The Bertz CT molecular complexity index is 1030. The first-order chi connectivity index (χ1) is 14.6. The summed E-state index contributed by atoms with van der Waals surface area (Å²) in [6.07, 6.45) is 3.01. The highest BCUT2D eigenvalue weighted by atomic mass is 16.6. The van der Waals surface area contributed by atoms with Crippen molar-refractivity contribution in [2.24, 2.45) is 0 Å². The van der Waals surface area contributed by atoms with Gasteiger partial charge in [0, 0.05) is 30.9 Å². The molecule has 1 aromatic heterocycles. The first kappa shape index (κ1) is 21.4. The standard InChI is InChI=1S/C23H25NO6/c1-26-13-7-8-15-14-19(21(28-3)22(29-4)20(15)27-2)30-23(25)17-11-12-24-18-10-6-5-9-16(17)18/h5-6,9-12,14H,7-8,13H2,1-4H3. The number of carbonyl (C=O) groups excluding carboxylic acids is 1. The lowest BCUT2D eigenvalue weighted by Gasteiger charge is -2.19. The molecule has 0 N–H and O–H groups in total. The molecule has 0 spiro atoms. The Labute approximate surface area is 175 Å². The molecule has 0 radical (unpaired) electrons. The van der Waals surface area contributed by atoms with Crippen LogP contribution in [0.1, 0.15) is 22.3 Å². The molecule has 0 atom stereocenters. The molecule has 0 aliphatic heterocycles. The minimum Gasteiger partial charge on any atom is -0.492 e. The Hall–Kier alpha value is -3.32. The number of methoxy groups -OCH3 is 4. The highest BCUT2D eigenvalue weighted by Gasteiger charge is 2.24. The van der Waals surface area contributed by atoms with Gasteiger partial charge in [0.15, 0.2) is 11.5 Å². The van der Waals surface area contributed by atoms with Crippen molar-refractivity contribution in [2.45, 2.75) is 12.8 Å². The van der Waals surface area contributed by atoms with Crippen LogP contribution in [0, 0.1) is 0 Å². The maximum atomic E-state index is 13.0. The van der Waals surface area contributed by atoms with Gasteiger partial charge in [0.05, 0.1) is 32.4 Å². The summed E-state index contributed by atoms with van der Waals surface area (Å²) in [5.74, 6) is 0.948. The van der Waals surface area contributed by atoms with E-state index in [1.54, 1.807) is 32.5 Å². The SMILES string of the molecule is COCCCc1cc(OC(=O)c2ccnc3ccccc23)c(OC)c(OC)c1OC. The van der Waals surface area contributed by atoms with Crippen molar-refractivity contribution in [3.8, 4) is 23.0 Å². The predicted octanol–water partition coefficient (Wildman–Crippen LogP) is 4.06. The Morgan fingerprint density at radius 2 is 1.67 bits per heavy atom. The van der Waals surface area contributed by atoms with Crippen molar-refractivity contribution in [3.05, 3.63) is 53.7 Å². The predicted molar refractivity (Wildman–Crippen MR) is 113 cm³/mol. The van der Waals surface area contributed by atoms with Crippen molar-refractivity contribution in [1.29, 1.82) is 0 Å². The summed E-state index contributed by atoms with van der Waals surface area (Å²) < 4.78 is 27.5. The molecule has 0 aliphatic rings. The molecule has 0 bridgehead atoms. The topological polar surface area (TPSA) is 76.1 Å². The normalized spacial score (nSPS) is 10.7. The summed E-state index contributed by atoms with van der Waals surface area (Å²) >= 11 is 0. The number of carbonyl (C=O) groups is 1. The number of fused-ring (bicyclic) bond motifs is 1. The van der Waals surface area contributed by atoms with Gasteiger partial charge in [0.1, 0.15) is 0 Å². The van der Waals surface area contributed by atoms with E-state index in [1.165, 1.54) is 14.2 Å². The second kappa shape index (κ2) is 9.93. The van der Waals surface area contributed by atoms with E-state index < -0.39 is 5.97 Å². The molecule has 0 fully saturated rings. The lowest BCUT2D eigenvalue weighted by molar-refractivity contribution is 0.0730. The summed E-state index contributed by atoms with van der Waals surface area (Å²) in [6, 6.07) is 10.8. The second-order valence-corrected chi connectivity index (χ2v) is 6.50. The van der Waals surface area contributed by atoms with Gasteiger partial charge in [-0.3, -0.25) is 4.98 Å². The molecule has 3 aromatic rings. The van der Waals surface area contributed by atoms with Gasteiger partial charge in [0.25, 0.3) is 0 Å². The Morgan fingerprint density at radius 3 is 2.37 bits per heavy atom. The van der Waals surface area contributed by atoms with Crippen LogP contribution in [0.25, 0.3) is 10.9 Å².